The molecule has 0 spiro atoms. The van der Waals surface area contributed by atoms with Gasteiger partial charge >= 0.3 is 5.97 Å². The lowest BCUT2D eigenvalue weighted by molar-refractivity contribution is -0.286. The first-order valence-corrected chi connectivity index (χ1v) is 5.55. The molecule has 0 aliphatic carbocycles. The Hall–Kier alpha value is -0.770. The van der Waals surface area contributed by atoms with Gasteiger partial charge in [-0.15, -0.1) is 0 Å². The Morgan fingerprint density at radius 2 is 1.67 bits per heavy atom. The van der Waals surface area contributed by atoms with E-state index in [0.29, 0.717) is 6.42 Å². The zero-order chi connectivity index (χ0) is 14.3. The minimum Gasteiger partial charge on any atom is -0.481 e. The van der Waals surface area contributed by atoms with Crippen LogP contribution in [0.4, 0.5) is 0 Å². The average Bonchev–Trinajstić information content (AvgIpc) is 2.32. The monoisotopic (exact) mass is 268 g/mol. The number of carboxylic acid groups (broad SMARTS) is 1. The Balaban J connectivity index is 0.000000411. The van der Waals surface area contributed by atoms with Crippen LogP contribution >= 0.6 is 0 Å². The van der Waals surface area contributed by atoms with E-state index in [1.807, 2.05) is 6.92 Å². The molecule has 1 aliphatic rings. The van der Waals surface area contributed by atoms with E-state index in [9.17, 15) is 4.79 Å². The van der Waals surface area contributed by atoms with Crippen molar-refractivity contribution in [2.75, 3.05) is 6.61 Å². The van der Waals surface area contributed by atoms with E-state index in [1.54, 1.807) is 0 Å². The van der Waals surface area contributed by atoms with Crippen LogP contribution in [0.25, 0.3) is 0 Å². The molecule has 18 heavy (non-hydrogen) atoms. The van der Waals surface area contributed by atoms with Gasteiger partial charge in [0, 0.05) is 6.42 Å². The summed E-state index contributed by atoms with van der Waals surface area (Å²) in [6.45, 7) is 1.32. The molecule has 0 amide bonds. The van der Waals surface area contributed by atoms with E-state index in [-0.39, 0.29) is 0 Å². The summed E-state index contributed by atoms with van der Waals surface area (Å²) in [5.74, 6) is -0.711. The lowest BCUT2D eigenvalue weighted by atomic mass is 10.00. The fourth-order valence-corrected chi connectivity index (χ4v) is 1.30. The summed E-state index contributed by atoms with van der Waals surface area (Å²) in [6.07, 6.45) is -6.02. The molecule has 0 radical (unpaired) electrons. The van der Waals surface area contributed by atoms with Crippen LogP contribution in [0.5, 0.6) is 0 Å². The van der Waals surface area contributed by atoms with Gasteiger partial charge in [0.05, 0.1) is 6.61 Å². The lowest BCUT2D eigenvalue weighted by Gasteiger charge is -2.37. The van der Waals surface area contributed by atoms with Crippen molar-refractivity contribution in [1.82, 2.24) is 0 Å². The summed E-state index contributed by atoms with van der Waals surface area (Å²) < 4.78 is 4.58. The quantitative estimate of drug-likeness (QED) is 0.333. The van der Waals surface area contributed by atoms with E-state index in [1.165, 1.54) is 0 Å². The molecular weight excluding hydrogens is 248 g/mol. The second kappa shape index (κ2) is 8.35. The van der Waals surface area contributed by atoms with E-state index in [4.69, 9.17) is 30.6 Å². The zero-order valence-corrected chi connectivity index (χ0v) is 10.0. The van der Waals surface area contributed by atoms with Gasteiger partial charge in [0.15, 0.2) is 6.29 Å². The van der Waals surface area contributed by atoms with Crippen molar-refractivity contribution in [3.05, 3.63) is 0 Å². The number of aliphatic hydroxyl groups excluding tert-OH is 5. The van der Waals surface area contributed by atoms with Crippen molar-refractivity contribution in [2.45, 2.75) is 50.5 Å². The SMILES string of the molecule is CCCC(=O)O.OCC1OC(O)C(O)C(O)C1O. The number of aliphatic carboxylic acids is 1. The molecule has 0 bridgehead atoms. The molecule has 0 aromatic heterocycles. The standard InChI is InChI=1S/C6H12O6.C4H8O2/c7-1-2-3(8)4(9)5(10)6(11)12-2;1-2-3-4(5)6/h2-11H,1H2;2-3H2,1H3,(H,5,6). The molecule has 8 nitrogen and oxygen atoms in total. The molecule has 1 fully saturated rings. The smallest absolute Gasteiger partial charge is 0.303 e. The van der Waals surface area contributed by atoms with Crippen molar-refractivity contribution < 1.29 is 40.2 Å². The Bertz CT molecular complexity index is 241. The molecule has 5 atom stereocenters. The molecule has 5 unspecified atom stereocenters. The van der Waals surface area contributed by atoms with Gasteiger partial charge < -0.3 is 35.4 Å². The normalized spacial score (nSPS) is 35.6. The highest BCUT2D eigenvalue weighted by Gasteiger charge is 2.42. The first-order chi connectivity index (χ1) is 8.34. The number of ether oxygens (including phenoxy) is 1. The fourth-order valence-electron chi connectivity index (χ4n) is 1.30. The summed E-state index contributed by atoms with van der Waals surface area (Å²) in [5, 5.41) is 52.6. The van der Waals surface area contributed by atoms with Crippen LogP contribution in [0.15, 0.2) is 0 Å². The van der Waals surface area contributed by atoms with Crippen LogP contribution in [-0.4, -0.2) is 73.9 Å². The second-order valence-corrected chi connectivity index (χ2v) is 3.86. The minimum absolute atomic E-state index is 0.292. The largest absolute Gasteiger partial charge is 0.481 e. The molecule has 1 saturated heterocycles. The number of aliphatic hydroxyl groups is 5. The molecular formula is C10H20O8. The zero-order valence-electron chi connectivity index (χ0n) is 10.0. The van der Waals surface area contributed by atoms with Crippen LogP contribution in [0, 0.1) is 0 Å². The van der Waals surface area contributed by atoms with Gasteiger partial charge in [-0.1, -0.05) is 6.92 Å². The molecule has 0 aromatic carbocycles. The Morgan fingerprint density at radius 1 is 1.11 bits per heavy atom. The highest BCUT2D eigenvalue weighted by Crippen LogP contribution is 2.18. The first-order valence-electron chi connectivity index (χ1n) is 5.55. The fraction of sp³-hybridized carbons (Fsp3) is 0.900. The maximum absolute atomic E-state index is 9.60. The lowest BCUT2D eigenvalue weighted by Crippen LogP contribution is -2.58. The van der Waals surface area contributed by atoms with Crippen molar-refractivity contribution in [1.29, 1.82) is 0 Å². The molecule has 6 N–H and O–H groups in total. The highest BCUT2D eigenvalue weighted by molar-refractivity contribution is 5.66. The van der Waals surface area contributed by atoms with Gasteiger partial charge in [0.1, 0.15) is 24.4 Å². The Morgan fingerprint density at radius 3 is 2.00 bits per heavy atom. The topological polar surface area (TPSA) is 148 Å². The van der Waals surface area contributed by atoms with Gasteiger partial charge in [-0.3, -0.25) is 4.79 Å². The third kappa shape index (κ3) is 5.25. The first kappa shape index (κ1) is 17.2. The van der Waals surface area contributed by atoms with E-state index in [2.05, 4.69) is 4.74 Å². The van der Waals surface area contributed by atoms with Crippen molar-refractivity contribution >= 4 is 5.97 Å². The van der Waals surface area contributed by atoms with Crippen LogP contribution in [0.1, 0.15) is 19.8 Å². The summed E-state index contributed by atoms with van der Waals surface area (Å²) in [7, 11) is 0. The molecule has 1 heterocycles. The summed E-state index contributed by atoms with van der Waals surface area (Å²) in [4.78, 5) is 9.60. The van der Waals surface area contributed by atoms with Crippen LogP contribution in [0.2, 0.25) is 0 Å². The highest BCUT2D eigenvalue weighted by atomic mass is 16.6. The Kier molecular flexibility index (Phi) is 8.00. The molecule has 8 heteroatoms. The maximum Gasteiger partial charge on any atom is 0.303 e. The van der Waals surface area contributed by atoms with Gasteiger partial charge in [0.25, 0.3) is 0 Å². The van der Waals surface area contributed by atoms with Crippen LogP contribution in [-0.2, 0) is 9.53 Å². The summed E-state index contributed by atoms with van der Waals surface area (Å²) in [5.41, 5.74) is 0. The molecule has 1 rings (SSSR count). The van der Waals surface area contributed by atoms with Gasteiger partial charge in [-0.2, -0.15) is 0 Å². The van der Waals surface area contributed by atoms with Gasteiger partial charge in [-0.05, 0) is 6.42 Å². The number of hydrogen-bond donors (Lipinski definition) is 6. The summed E-state index contributed by atoms with van der Waals surface area (Å²) in [6, 6.07) is 0. The number of carbonyl (C=O) groups is 1. The van der Waals surface area contributed by atoms with E-state index in [0.717, 1.165) is 6.42 Å². The van der Waals surface area contributed by atoms with Crippen molar-refractivity contribution in [3.63, 3.8) is 0 Å². The predicted octanol–water partition coefficient (Wildman–Crippen LogP) is -2.35. The third-order valence-corrected chi connectivity index (χ3v) is 2.33. The van der Waals surface area contributed by atoms with Crippen molar-refractivity contribution in [3.8, 4) is 0 Å². The van der Waals surface area contributed by atoms with E-state index < -0.39 is 43.3 Å². The molecule has 108 valence electrons. The number of rotatable bonds is 3. The summed E-state index contributed by atoms with van der Waals surface area (Å²) >= 11 is 0. The average molecular weight is 268 g/mol. The third-order valence-electron chi connectivity index (χ3n) is 2.33. The molecule has 1 aliphatic heterocycles. The van der Waals surface area contributed by atoms with Crippen molar-refractivity contribution in [2.24, 2.45) is 0 Å². The van der Waals surface area contributed by atoms with Crippen LogP contribution < -0.4 is 0 Å². The van der Waals surface area contributed by atoms with E-state index >= 15 is 0 Å². The predicted molar refractivity (Wildman–Crippen MR) is 58.5 cm³/mol. The molecule has 0 saturated carbocycles. The number of hydrogen-bond acceptors (Lipinski definition) is 7. The van der Waals surface area contributed by atoms with Crippen LogP contribution in [0.3, 0.4) is 0 Å². The minimum atomic E-state index is -1.57. The molecule has 0 aromatic rings. The Labute approximate surface area is 104 Å². The maximum atomic E-state index is 9.60. The second-order valence-electron chi connectivity index (χ2n) is 3.86. The number of carboxylic acids is 1. The van der Waals surface area contributed by atoms with Gasteiger partial charge in [-0.25, -0.2) is 0 Å². The van der Waals surface area contributed by atoms with Gasteiger partial charge in [0.2, 0.25) is 0 Å².